The van der Waals surface area contributed by atoms with E-state index in [4.69, 9.17) is 5.73 Å². The second kappa shape index (κ2) is 7.12. The molecule has 0 aliphatic heterocycles. The third-order valence-electron chi connectivity index (χ3n) is 14.0. The standard InChI is InChI=1S/C30H49NO3/c1-18(2)19-10-13-29(24(33)34)16-14-26(5)20(23(19)29)8-9-21-27(26,6)15-17-30(31)25(3,4)22(32)11-12-28(21,30)7/h19-23,32H,1,8-17,31H2,2-7H3,(H,33,34). The molecule has 5 rings (SSSR count). The maximum atomic E-state index is 12.8. The first-order valence-corrected chi connectivity index (χ1v) is 14.0. The summed E-state index contributed by atoms with van der Waals surface area (Å²) >= 11 is 0. The van der Waals surface area contributed by atoms with Gasteiger partial charge in [0.25, 0.3) is 0 Å². The molecule has 4 N–H and O–H groups in total. The number of nitrogens with two attached hydrogens (primary N) is 1. The molecule has 34 heavy (non-hydrogen) atoms. The Morgan fingerprint density at radius 2 is 1.50 bits per heavy atom. The quantitative estimate of drug-likeness (QED) is 0.420. The van der Waals surface area contributed by atoms with Crippen LogP contribution in [0.4, 0.5) is 0 Å². The van der Waals surface area contributed by atoms with Crippen LogP contribution < -0.4 is 5.73 Å². The minimum Gasteiger partial charge on any atom is -0.481 e. The summed E-state index contributed by atoms with van der Waals surface area (Å²) in [6.07, 6.45) is 9.35. The lowest BCUT2D eigenvalue weighted by atomic mass is 9.30. The van der Waals surface area contributed by atoms with E-state index in [0.717, 1.165) is 64.2 Å². The Kier molecular flexibility index (Phi) is 5.20. The monoisotopic (exact) mass is 471 g/mol. The number of hydrogen-bond donors (Lipinski definition) is 3. The van der Waals surface area contributed by atoms with E-state index in [0.29, 0.717) is 17.8 Å². The number of carboxylic acid groups (broad SMARTS) is 1. The van der Waals surface area contributed by atoms with Crippen LogP contribution in [0.5, 0.6) is 0 Å². The van der Waals surface area contributed by atoms with Crippen LogP contribution in [0.25, 0.3) is 0 Å². The normalized spacial score (nSPS) is 55.9. The number of hydrogen-bond acceptors (Lipinski definition) is 3. The molecule has 0 aromatic rings. The van der Waals surface area contributed by atoms with Crippen molar-refractivity contribution in [3.05, 3.63) is 12.2 Å². The van der Waals surface area contributed by atoms with Crippen LogP contribution in [-0.2, 0) is 4.79 Å². The fourth-order valence-electron chi connectivity index (χ4n) is 11.4. The van der Waals surface area contributed by atoms with Crippen molar-refractivity contribution in [3.63, 3.8) is 0 Å². The van der Waals surface area contributed by atoms with E-state index in [2.05, 4.69) is 48.1 Å². The first-order valence-electron chi connectivity index (χ1n) is 14.0. The first-order chi connectivity index (χ1) is 15.6. The summed E-state index contributed by atoms with van der Waals surface area (Å²) in [5.74, 6) is 0.918. The molecule has 5 aliphatic rings. The van der Waals surface area contributed by atoms with Crippen molar-refractivity contribution in [1.82, 2.24) is 0 Å². The average molecular weight is 472 g/mol. The Labute approximate surface area is 207 Å². The molecule has 192 valence electrons. The molecule has 0 bridgehead atoms. The van der Waals surface area contributed by atoms with Gasteiger partial charge in [0.2, 0.25) is 0 Å². The van der Waals surface area contributed by atoms with E-state index in [1.807, 2.05) is 0 Å². The molecule has 5 saturated carbocycles. The van der Waals surface area contributed by atoms with E-state index in [9.17, 15) is 15.0 Å². The number of aliphatic carboxylic acids is 1. The van der Waals surface area contributed by atoms with Gasteiger partial charge in [-0.2, -0.15) is 0 Å². The molecule has 4 nitrogen and oxygen atoms in total. The highest BCUT2D eigenvalue weighted by atomic mass is 16.4. The van der Waals surface area contributed by atoms with Gasteiger partial charge in [-0.05, 0) is 111 Å². The summed E-state index contributed by atoms with van der Waals surface area (Å²) in [7, 11) is 0. The molecule has 0 aromatic heterocycles. The molecular weight excluding hydrogens is 422 g/mol. The maximum absolute atomic E-state index is 12.8. The molecule has 0 radical (unpaired) electrons. The largest absolute Gasteiger partial charge is 0.481 e. The molecule has 10 atom stereocenters. The highest BCUT2D eigenvalue weighted by Gasteiger charge is 2.74. The van der Waals surface area contributed by atoms with Gasteiger partial charge in [-0.15, -0.1) is 0 Å². The van der Waals surface area contributed by atoms with Gasteiger partial charge >= 0.3 is 5.97 Å². The Hall–Kier alpha value is -0.870. The number of carboxylic acids is 1. The highest BCUT2D eigenvalue weighted by Crippen LogP contribution is 2.77. The van der Waals surface area contributed by atoms with Crippen molar-refractivity contribution in [1.29, 1.82) is 0 Å². The predicted molar refractivity (Wildman–Crippen MR) is 136 cm³/mol. The number of allylic oxidation sites excluding steroid dienone is 1. The summed E-state index contributed by atoms with van der Waals surface area (Å²) in [4.78, 5) is 12.8. The Bertz CT molecular complexity index is 913. The summed E-state index contributed by atoms with van der Waals surface area (Å²) in [5.41, 5.74) is 7.58. The van der Waals surface area contributed by atoms with Gasteiger partial charge in [0, 0.05) is 11.0 Å². The lowest BCUT2D eigenvalue weighted by Gasteiger charge is -2.75. The van der Waals surface area contributed by atoms with Crippen LogP contribution in [0.2, 0.25) is 0 Å². The van der Waals surface area contributed by atoms with Crippen LogP contribution >= 0.6 is 0 Å². The minimum absolute atomic E-state index is 0.0124. The first kappa shape index (κ1) is 24.8. The molecule has 0 amide bonds. The number of carbonyl (C=O) groups is 1. The molecule has 0 spiro atoms. The summed E-state index contributed by atoms with van der Waals surface area (Å²) < 4.78 is 0. The lowest BCUT2D eigenvalue weighted by Crippen LogP contribution is -2.77. The van der Waals surface area contributed by atoms with Crippen molar-refractivity contribution in [2.75, 3.05) is 0 Å². The van der Waals surface area contributed by atoms with E-state index in [1.165, 1.54) is 5.57 Å². The smallest absolute Gasteiger partial charge is 0.309 e. The van der Waals surface area contributed by atoms with Crippen LogP contribution in [0, 0.1) is 50.7 Å². The summed E-state index contributed by atoms with van der Waals surface area (Å²) in [6, 6.07) is 0. The Balaban J connectivity index is 1.59. The second-order valence-electron chi connectivity index (χ2n) is 14.7. The lowest BCUT2D eigenvalue weighted by molar-refractivity contribution is -0.255. The van der Waals surface area contributed by atoms with Crippen molar-refractivity contribution in [3.8, 4) is 0 Å². The average Bonchev–Trinajstić information content (AvgIpc) is 3.16. The Morgan fingerprint density at radius 1 is 0.853 bits per heavy atom. The van der Waals surface area contributed by atoms with Crippen LogP contribution in [0.15, 0.2) is 12.2 Å². The zero-order valence-corrected chi connectivity index (χ0v) is 22.5. The minimum atomic E-state index is -0.565. The van der Waals surface area contributed by atoms with E-state index >= 15 is 0 Å². The zero-order chi connectivity index (χ0) is 25.1. The van der Waals surface area contributed by atoms with Crippen LogP contribution in [-0.4, -0.2) is 27.8 Å². The van der Waals surface area contributed by atoms with Crippen molar-refractivity contribution >= 4 is 5.97 Å². The fraction of sp³-hybridized carbons (Fsp3) is 0.900. The maximum Gasteiger partial charge on any atom is 0.309 e. The van der Waals surface area contributed by atoms with E-state index in [-0.39, 0.29) is 39.2 Å². The van der Waals surface area contributed by atoms with Gasteiger partial charge < -0.3 is 15.9 Å². The van der Waals surface area contributed by atoms with Crippen LogP contribution in [0.3, 0.4) is 0 Å². The van der Waals surface area contributed by atoms with Gasteiger partial charge in [0.1, 0.15) is 0 Å². The van der Waals surface area contributed by atoms with Gasteiger partial charge in [0.15, 0.2) is 0 Å². The number of aliphatic hydroxyl groups is 1. The highest BCUT2D eigenvalue weighted by molar-refractivity contribution is 5.76. The molecule has 0 aromatic carbocycles. The molecule has 5 aliphatic carbocycles. The molecule has 5 fully saturated rings. The SMILES string of the molecule is C=C(C)C1CCC2(C(=O)O)CCC3(C)C(CCC4C3(C)CCC3(N)C(C)(C)C(O)CCC43C)C12. The predicted octanol–water partition coefficient (Wildman–Crippen LogP) is 6.17. The topological polar surface area (TPSA) is 83.5 Å². The Morgan fingerprint density at radius 3 is 2.12 bits per heavy atom. The third-order valence-corrected chi connectivity index (χ3v) is 14.0. The van der Waals surface area contributed by atoms with Crippen molar-refractivity contribution in [2.24, 2.45) is 56.5 Å². The van der Waals surface area contributed by atoms with E-state index in [1.54, 1.807) is 0 Å². The van der Waals surface area contributed by atoms with Crippen molar-refractivity contribution < 1.29 is 15.0 Å². The number of aliphatic hydroxyl groups excluding tert-OH is 1. The molecular formula is C30H49NO3. The summed E-state index contributed by atoms with van der Waals surface area (Å²) in [6.45, 7) is 18.4. The second-order valence-corrected chi connectivity index (χ2v) is 14.7. The van der Waals surface area contributed by atoms with E-state index < -0.39 is 11.4 Å². The molecule has 0 saturated heterocycles. The molecule has 10 unspecified atom stereocenters. The zero-order valence-electron chi connectivity index (χ0n) is 22.5. The van der Waals surface area contributed by atoms with Crippen molar-refractivity contribution in [2.45, 2.75) is 117 Å². The summed E-state index contributed by atoms with van der Waals surface area (Å²) in [5, 5.41) is 21.5. The third kappa shape index (κ3) is 2.56. The molecule has 4 heteroatoms. The van der Waals surface area contributed by atoms with Gasteiger partial charge in [-0.3, -0.25) is 4.79 Å². The molecule has 0 heterocycles. The number of fused-ring (bicyclic) bond motifs is 7. The number of rotatable bonds is 2. The fourth-order valence-corrected chi connectivity index (χ4v) is 11.4. The van der Waals surface area contributed by atoms with Gasteiger partial charge in [-0.25, -0.2) is 0 Å². The van der Waals surface area contributed by atoms with Gasteiger partial charge in [-0.1, -0.05) is 46.8 Å². The van der Waals surface area contributed by atoms with Gasteiger partial charge in [0.05, 0.1) is 11.5 Å². The van der Waals surface area contributed by atoms with Crippen LogP contribution in [0.1, 0.15) is 106 Å².